The first-order chi connectivity index (χ1) is 18.0. The molecule has 0 saturated heterocycles. The Kier molecular flexibility index (Phi) is 5.62. The van der Waals surface area contributed by atoms with E-state index in [0.29, 0.717) is 33.8 Å². The van der Waals surface area contributed by atoms with Crippen LogP contribution < -0.4 is 14.2 Å². The van der Waals surface area contributed by atoms with Gasteiger partial charge in [-0.3, -0.25) is 4.79 Å². The van der Waals surface area contributed by atoms with Crippen LogP contribution in [-0.2, 0) is 0 Å². The van der Waals surface area contributed by atoms with Crippen molar-refractivity contribution >= 4 is 40.1 Å². The van der Waals surface area contributed by atoms with Crippen molar-refractivity contribution in [2.45, 2.75) is 6.92 Å². The van der Waals surface area contributed by atoms with Crippen LogP contribution in [0.3, 0.4) is 0 Å². The molecular formula is C30H20O6S. The lowest BCUT2D eigenvalue weighted by Crippen LogP contribution is -2.09. The number of furan rings is 1. The molecule has 0 aliphatic carbocycles. The van der Waals surface area contributed by atoms with E-state index >= 15 is 0 Å². The molecule has 0 unspecified atom stereocenters. The number of aryl methyl sites for hydroxylation is 1. The Labute approximate surface area is 216 Å². The van der Waals surface area contributed by atoms with Crippen molar-refractivity contribution in [3.63, 3.8) is 0 Å². The molecule has 6 rings (SSSR count). The fourth-order valence-electron chi connectivity index (χ4n) is 4.24. The lowest BCUT2D eigenvalue weighted by molar-refractivity contribution is 0.0736. The van der Waals surface area contributed by atoms with E-state index in [1.54, 1.807) is 49.6 Å². The van der Waals surface area contributed by atoms with Crippen LogP contribution in [0.2, 0.25) is 0 Å². The van der Waals surface area contributed by atoms with E-state index in [9.17, 15) is 9.59 Å². The monoisotopic (exact) mass is 508 g/mol. The molecule has 6 nitrogen and oxygen atoms in total. The van der Waals surface area contributed by atoms with Crippen molar-refractivity contribution in [1.82, 2.24) is 0 Å². The highest BCUT2D eigenvalue weighted by Gasteiger charge is 2.29. The van der Waals surface area contributed by atoms with Gasteiger partial charge in [0.2, 0.25) is 5.78 Å². The first kappa shape index (κ1) is 22.8. The minimum absolute atomic E-state index is 0.208. The molecular weight excluding hydrogens is 488 g/mol. The number of benzene rings is 3. The molecule has 3 heterocycles. The summed E-state index contributed by atoms with van der Waals surface area (Å²) in [6.45, 7) is 1.98. The van der Waals surface area contributed by atoms with Gasteiger partial charge in [-0.2, -0.15) is 0 Å². The average Bonchev–Trinajstić information content (AvgIpc) is 3.59. The summed E-state index contributed by atoms with van der Waals surface area (Å²) in [5, 5.41) is 2.54. The maximum Gasteiger partial charge on any atom is 0.348 e. The van der Waals surface area contributed by atoms with Crippen molar-refractivity contribution in [2.24, 2.45) is 0 Å². The number of hydrogen-bond donors (Lipinski definition) is 0. The zero-order chi connectivity index (χ0) is 25.5. The van der Waals surface area contributed by atoms with Gasteiger partial charge in [-0.05, 0) is 54.3 Å². The van der Waals surface area contributed by atoms with Crippen molar-refractivity contribution in [2.75, 3.05) is 7.11 Å². The quantitative estimate of drug-likeness (QED) is 0.141. The van der Waals surface area contributed by atoms with Crippen LogP contribution >= 0.6 is 11.3 Å². The Morgan fingerprint density at radius 2 is 1.78 bits per heavy atom. The summed E-state index contributed by atoms with van der Waals surface area (Å²) in [6, 6.07) is 21.4. The van der Waals surface area contributed by atoms with E-state index in [0.717, 1.165) is 16.0 Å². The van der Waals surface area contributed by atoms with Crippen molar-refractivity contribution in [1.29, 1.82) is 0 Å². The number of esters is 1. The summed E-state index contributed by atoms with van der Waals surface area (Å²) in [6.07, 6.45) is 1.74. The first-order valence-corrected chi connectivity index (χ1v) is 12.4. The third-order valence-electron chi connectivity index (χ3n) is 6.15. The van der Waals surface area contributed by atoms with Gasteiger partial charge in [0.25, 0.3) is 0 Å². The minimum atomic E-state index is -0.597. The van der Waals surface area contributed by atoms with Gasteiger partial charge in [0.1, 0.15) is 34.2 Å². The van der Waals surface area contributed by atoms with E-state index in [2.05, 4.69) is 0 Å². The molecule has 1 aliphatic rings. The summed E-state index contributed by atoms with van der Waals surface area (Å²) < 4.78 is 23.1. The maximum atomic E-state index is 13.5. The largest absolute Gasteiger partial charge is 0.497 e. The lowest BCUT2D eigenvalue weighted by Gasteiger charge is -2.07. The van der Waals surface area contributed by atoms with Crippen LogP contribution in [0, 0.1) is 6.92 Å². The molecule has 0 atom stereocenters. The molecule has 5 aromatic rings. The average molecular weight is 509 g/mol. The number of ketones is 1. The highest BCUT2D eigenvalue weighted by atomic mass is 32.1. The van der Waals surface area contributed by atoms with Gasteiger partial charge in [-0.1, -0.05) is 30.3 Å². The van der Waals surface area contributed by atoms with Gasteiger partial charge in [0, 0.05) is 28.0 Å². The molecule has 37 heavy (non-hydrogen) atoms. The number of hydrogen-bond acceptors (Lipinski definition) is 7. The third kappa shape index (κ3) is 4.09. The summed E-state index contributed by atoms with van der Waals surface area (Å²) in [7, 11) is 1.56. The smallest absolute Gasteiger partial charge is 0.348 e. The molecule has 0 bridgehead atoms. The Bertz CT molecular complexity index is 1710. The maximum absolute atomic E-state index is 13.5. The molecule has 1 aliphatic heterocycles. The fraction of sp³-hybridized carbons (Fsp3) is 0.0667. The number of thiophene rings is 1. The molecule has 0 saturated carbocycles. The van der Waals surface area contributed by atoms with Crippen LogP contribution in [-0.4, -0.2) is 18.9 Å². The van der Waals surface area contributed by atoms with Crippen molar-refractivity contribution in [3.8, 4) is 28.6 Å². The van der Waals surface area contributed by atoms with E-state index in [1.807, 2.05) is 48.7 Å². The second-order valence-corrected chi connectivity index (χ2v) is 9.44. The number of allylic oxidation sites excluding steroid dienone is 1. The SMILES string of the molecule is COc1ccc2oc(-c3ccccc3)c(C(=O)Oc3ccc4c(c3)OC(=Cc3sccc3C)C4=O)c2c1. The van der Waals surface area contributed by atoms with Crippen LogP contribution in [0.4, 0.5) is 0 Å². The molecule has 3 aromatic carbocycles. The van der Waals surface area contributed by atoms with E-state index in [-0.39, 0.29) is 22.9 Å². The second-order valence-electron chi connectivity index (χ2n) is 8.49. The Balaban J connectivity index is 1.35. The molecule has 0 amide bonds. The second kappa shape index (κ2) is 9.11. The van der Waals surface area contributed by atoms with Gasteiger partial charge in [0.15, 0.2) is 5.76 Å². The van der Waals surface area contributed by atoms with Gasteiger partial charge >= 0.3 is 5.97 Å². The van der Waals surface area contributed by atoms with Crippen molar-refractivity contribution < 1.29 is 28.2 Å². The number of carbonyl (C=O) groups is 2. The van der Waals surface area contributed by atoms with E-state index < -0.39 is 5.97 Å². The Morgan fingerprint density at radius 3 is 2.54 bits per heavy atom. The molecule has 0 fully saturated rings. The number of Topliss-reactive ketones (excluding diaryl/α,β-unsaturated/α-hetero) is 1. The fourth-order valence-corrected chi connectivity index (χ4v) is 5.09. The summed E-state index contributed by atoms with van der Waals surface area (Å²) in [5.74, 6) is 1.02. The third-order valence-corrected chi connectivity index (χ3v) is 7.12. The number of fused-ring (bicyclic) bond motifs is 2. The van der Waals surface area contributed by atoms with E-state index in [1.165, 1.54) is 11.3 Å². The van der Waals surface area contributed by atoms with Gasteiger partial charge in [0.05, 0.1) is 12.7 Å². The van der Waals surface area contributed by atoms with Crippen LogP contribution in [0.15, 0.2) is 88.4 Å². The standard InChI is InChI=1S/C30H20O6S/c1-17-12-13-37-26(17)16-25-28(31)21-10-8-20(15-24(21)35-25)34-30(32)27-22-14-19(33-2)9-11-23(22)36-29(27)18-6-4-3-5-7-18/h3-16H,1-2H3. The predicted octanol–water partition coefficient (Wildman–Crippen LogP) is 7.31. The molecule has 7 heteroatoms. The number of methoxy groups -OCH3 is 1. The first-order valence-electron chi connectivity index (χ1n) is 11.5. The van der Waals surface area contributed by atoms with Crippen LogP contribution in [0.25, 0.3) is 28.4 Å². The highest BCUT2D eigenvalue weighted by Crippen LogP contribution is 2.38. The topological polar surface area (TPSA) is 75.0 Å². The summed E-state index contributed by atoms with van der Waals surface area (Å²) >= 11 is 1.53. The normalized spacial score (nSPS) is 13.6. The highest BCUT2D eigenvalue weighted by molar-refractivity contribution is 7.11. The van der Waals surface area contributed by atoms with Gasteiger partial charge in [-0.15, -0.1) is 11.3 Å². The van der Waals surface area contributed by atoms with Gasteiger partial charge in [-0.25, -0.2) is 4.79 Å². The minimum Gasteiger partial charge on any atom is -0.497 e. The zero-order valence-electron chi connectivity index (χ0n) is 19.9. The Morgan fingerprint density at radius 1 is 0.973 bits per heavy atom. The molecule has 0 spiro atoms. The van der Waals surface area contributed by atoms with Crippen LogP contribution in [0.5, 0.6) is 17.2 Å². The Hall–Kier alpha value is -4.62. The zero-order valence-corrected chi connectivity index (χ0v) is 20.8. The molecule has 0 N–H and O–H groups in total. The van der Waals surface area contributed by atoms with E-state index in [4.69, 9.17) is 18.6 Å². The molecule has 182 valence electrons. The lowest BCUT2D eigenvalue weighted by atomic mass is 10.1. The van der Waals surface area contributed by atoms with Crippen LogP contribution in [0.1, 0.15) is 31.2 Å². The number of carbonyl (C=O) groups excluding carboxylic acids is 2. The number of rotatable bonds is 5. The number of ether oxygens (including phenoxy) is 3. The predicted molar refractivity (Wildman–Crippen MR) is 142 cm³/mol. The molecule has 2 aromatic heterocycles. The summed E-state index contributed by atoms with van der Waals surface area (Å²) in [4.78, 5) is 27.3. The van der Waals surface area contributed by atoms with Gasteiger partial charge < -0.3 is 18.6 Å². The summed E-state index contributed by atoms with van der Waals surface area (Å²) in [5.41, 5.74) is 3.05. The van der Waals surface area contributed by atoms with Crippen molar-refractivity contribution in [3.05, 3.63) is 106 Å². The molecule has 0 radical (unpaired) electrons.